The molecular weight excluding hydrogens is 184 g/mol. The third-order valence-electron chi connectivity index (χ3n) is 1.30. The van der Waals surface area contributed by atoms with Crippen LogP contribution >= 0.6 is 0 Å². The predicted octanol–water partition coefficient (Wildman–Crippen LogP) is 0.851. The second-order valence-corrected chi connectivity index (χ2v) is 3.03. The molecular formula is C9H18N2O3. The molecule has 0 atom stereocenters. The standard InChI is InChI=1S/C9H18N2O3/c1-4-5-6-13-9(12)7-14-10-8-11(2)3/h8H,4-7H2,1-3H3. The average molecular weight is 202 g/mol. The summed E-state index contributed by atoms with van der Waals surface area (Å²) in [7, 11) is 3.62. The van der Waals surface area contributed by atoms with Crippen LogP contribution in [0.2, 0.25) is 0 Å². The molecule has 0 aliphatic rings. The Morgan fingerprint density at radius 1 is 1.50 bits per heavy atom. The van der Waals surface area contributed by atoms with E-state index < -0.39 is 0 Å². The first-order chi connectivity index (χ1) is 6.66. The Morgan fingerprint density at radius 2 is 2.21 bits per heavy atom. The fourth-order valence-electron chi connectivity index (χ4n) is 0.590. The lowest BCUT2D eigenvalue weighted by atomic mass is 10.4. The van der Waals surface area contributed by atoms with Crippen molar-refractivity contribution in [3.8, 4) is 0 Å². The maximum atomic E-state index is 10.9. The van der Waals surface area contributed by atoms with Gasteiger partial charge in [-0.15, -0.1) is 0 Å². The zero-order valence-electron chi connectivity index (χ0n) is 9.02. The van der Waals surface area contributed by atoms with Crippen LogP contribution in [0.3, 0.4) is 0 Å². The lowest BCUT2D eigenvalue weighted by Crippen LogP contribution is -2.13. The van der Waals surface area contributed by atoms with Gasteiger partial charge in [0.05, 0.1) is 6.61 Å². The van der Waals surface area contributed by atoms with Crippen LogP contribution < -0.4 is 0 Å². The first-order valence-corrected chi connectivity index (χ1v) is 4.64. The molecule has 0 bridgehead atoms. The van der Waals surface area contributed by atoms with Crippen LogP contribution in [0.25, 0.3) is 0 Å². The van der Waals surface area contributed by atoms with Gasteiger partial charge in [0.2, 0.25) is 6.61 Å². The van der Waals surface area contributed by atoms with Crippen molar-refractivity contribution in [3.05, 3.63) is 0 Å². The highest BCUT2D eigenvalue weighted by molar-refractivity contribution is 5.70. The molecule has 0 heterocycles. The number of rotatable bonds is 7. The van der Waals surface area contributed by atoms with Crippen molar-refractivity contribution in [2.24, 2.45) is 5.16 Å². The largest absolute Gasteiger partial charge is 0.463 e. The van der Waals surface area contributed by atoms with Crippen LogP contribution in [0.15, 0.2) is 5.16 Å². The number of esters is 1. The maximum absolute atomic E-state index is 10.9. The second kappa shape index (κ2) is 8.34. The third-order valence-corrected chi connectivity index (χ3v) is 1.30. The number of carbonyl (C=O) groups excluding carboxylic acids is 1. The molecule has 82 valence electrons. The molecule has 0 N–H and O–H groups in total. The predicted molar refractivity (Wildman–Crippen MR) is 54.0 cm³/mol. The molecule has 0 unspecified atom stereocenters. The van der Waals surface area contributed by atoms with Gasteiger partial charge in [0.1, 0.15) is 6.34 Å². The van der Waals surface area contributed by atoms with E-state index in [-0.39, 0.29) is 12.6 Å². The first-order valence-electron chi connectivity index (χ1n) is 4.64. The molecule has 0 aromatic carbocycles. The highest BCUT2D eigenvalue weighted by Crippen LogP contribution is 1.89. The average Bonchev–Trinajstić information content (AvgIpc) is 2.13. The van der Waals surface area contributed by atoms with Gasteiger partial charge in [-0.05, 0) is 6.42 Å². The minimum Gasteiger partial charge on any atom is -0.463 e. The molecule has 0 aliphatic carbocycles. The van der Waals surface area contributed by atoms with Crippen molar-refractivity contribution in [2.75, 3.05) is 27.3 Å². The van der Waals surface area contributed by atoms with Crippen LogP contribution in [-0.4, -0.2) is 44.5 Å². The van der Waals surface area contributed by atoms with Gasteiger partial charge in [-0.25, -0.2) is 4.79 Å². The molecule has 0 saturated carbocycles. The van der Waals surface area contributed by atoms with Crippen LogP contribution in [-0.2, 0) is 14.4 Å². The van der Waals surface area contributed by atoms with Gasteiger partial charge in [0.25, 0.3) is 0 Å². The first kappa shape index (κ1) is 12.7. The van der Waals surface area contributed by atoms with Crippen LogP contribution in [0, 0.1) is 0 Å². The highest BCUT2D eigenvalue weighted by Gasteiger charge is 2.01. The van der Waals surface area contributed by atoms with Gasteiger partial charge in [0.15, 0.2) is 0 Å². The smallest absolute Gasteiger partial charge is 0.347 e. The normalized spacial score (nSPS) is 10.2. The van der Waals surface area contributed by atoms with Gasteiger partial charge in [-0.1, -0.05) is 18.5 Å². The van der Waals surface area contributed by atoms with Gasteiger partial charge in [-0.3, -0.25) is 0 Å². The Morgan fingerprint density at radius 3 is 2.79 bits per heavy atom. The van der Waals surface area contributed by atoms with E-state index in [0.717, 1.165) is 12.8 Å². The highest BCUT2D eigenvalue weighted by atomic mass is 16.7. The van der Waals surface area contributed by atoms with E-state index in [1.165, 1.54) is 6.34 Å². The summed E-state index contributed by atoms with van der Waals surface area (Å²) >= 11 is 0. The minimum absolute atomic E-state index is 0.131. The van der Waals surface area contributed by atoms with E-state index in [9.17, 15) is 4.79 Å². The Bertz CT molecular complexity index is 181. The zero-order chi connectivity index (χ0) is 10.8. The van der Waals surface area contributed by atoms with E-state index >= 15 is 0 Å². The number of hydrogen-bond acceptors (Lipinski definition) is 4. The van der Waals surface area contributed by atoms with E-state index in [0.29, 0.717) is 6.61 Å². The van der Waals surface area contributed by atoms with Gasteiger partial charge in [-0.2, -0.15) is 0 Å². The van der Waals surface area contributed by atoms with Gasteiger partial charge < -0.3 is 14.5 Å². The molecule has 14 heavy (non-hydrogen) atoms. The Hall–Kier alpha value is -1.26. The zero-order valence-corrected chi connectivity index (χ0v) is 9.02. The van der Waals surface area contributed by atoms with Crippen molar-refractivity contribution in [2.45, 2.75) is 19.8 Å². The summed E-state index contributed by atoms with van der Waals surface area (Å²) in [6.45, 7) is 2.36. The molecule has 0 rings (SSSR count). The summed E-state index contributed by atoms with van der Waals surface area (Å²) in [6.07, 6.45) is 3.36. The molecule has 0 aliphatic heterocycles. The summed E-state index contributed by atoms with van der Waals surface area (Å²) in [5.74, 6) is -0.380. The van der Waals surface area contributed by atoms with Gasteiger partial charge in [0, 0.05) is 14.1 Å². The molecule has 0 fully saturated rings. The summed E-state index contributed by atoms with van der Waals surface area (Å²) < 4.78 is 4.84. The maximum Gasteiger partial charge on any atom is 0.347 e. The SMILES string of the molecule is CCCCOC(=O)CON=CN(C)C. The molecule has 0 radical (unpaired) electrons. The molecule has 0 aromatic rings. The van der Waals surface area contributed by atoms with Gasteiger partial charge >= 0.3 is 5.97 Å². The number of hydrogen-bond donors (Lipinski definition) is 0. The van der Waals surface area contributed by atoms with Crippen molar-refractivity contribution in [3.63, 3.8) is 0 Å². The van der Waals surface area contributed by atoms with Crippen LogP contribution in [0.5, 0.6) is 0 Å². The Balaban J connectivity index is 3.35. The number of ether oxygens (including phenoxy) is 1. The molecule has 5 heteroatoms. The molecule has 0 saturated heterocycles. The van der Waals surface area contributed by atoms with E-state index in [4.69, 9.17) is 9.57 Å². The van der Waals surface area contributed by atoms with Crippen molar-refractivity contribution in [1.82, 2.24) is 4.90 Å². The van der Waals surface area contributed by atoms with E-state index in [1.807, 2.05) is 21.0 Å². The second-order valence-electron chi connectivity index (χ2n) is 3.03. The summed E-state index contributed by atoms with van der Waals surface area (Å²) in [4.78, 5) is 17.3. The monoisotopic (exact) mass is 202 g/mol. The minimum atomic E-state index is -0.380. The fourth-order valence-corrected chi connectivity index (χ4v) is 0.590. The summed E-state index contributed by atoms with van der Waals surface area (Å²) in [6, 6.07) is 0. The fraction of sp³-hybridized carbons (Fsp3) is 0.778. The van der Waals surface area contributed by atoms with E-state index in [1.54, 1.807) is 4.90 Å². The number of carbonyl (C=O) groups is 1. The lowest BCUT2D eigenvalue weighted by molar-refractivity contribution is -0.149. The Labute approximate surface area is 84.7 Å². The van der Waals surface area contributed by atoms with E-state index in [2.05, 4.69) is 5.16 Å². The number of unbranched alkanes of at least 4 members (excludes halogenated alkanes) is 1. The molecule has 0 spiro atoms. The van der Waals surface area contributed by atoms with Crippen molar-refractivity contribution < 1.29 is 14.4 Å². The summed E-state index contributed by atoms with van der Waals surface area (Å²) in [5, 5.41) is 3.54. The molecule has 0 amide bonds. The number of nitrogens with zero attached hydrogens (tertiary/aromatic N) is 2. The number of oxime groups is 1. The topological polar surface area (TPSA) is 51.1 Å². The summed E-state index contributed by atoms with van der Waals surface area (Å²) in [5.41, 5.74) is 0. The third kappa shape index (κ3) is 8.83. The molecule has 5 nitrogen and oxygen atoms in total. The van der Waals surface area contributed by atoms with Crippen LogP contribution in [0.4, 0.5) is 0 Å². The quantitative estimate of drug-likeness (QED) is 0.202. The van der Waals surface area contributed by atoms with Crippen molar-refractivity contribution in [1.29, 1.82) is 0 Å². The lowest BCUT2D eigenvalue weighted by Gasteiger charge is -2.03. The molecule has 0 aromatic heterocycles. The van der Waals surface area contributed by atoms with Crippen molar-refractivity contribution >= 4 is 12.3 Å². The Kier molecular flexibility index (Phi) is 7.59. The van der Waals surface area contributed by atoms with Crippen LogP contribution in [0.1, 0.15) is 19.8 Å².